The van der Waals surface area contributed by atoms with E-state index in [2.05, 4.69) is 25.5 Å². The van der Waals surface area contributed by atoms with E-state index in [0.717, 1.165) is 11.3 Å². The number of anilines is 2. The van der Waals surface area contributed by atoms with Crippen LogP contribution in [0.5, 0.6) is 11.5 Å². The second kappa shape index (κ2) is 10.3. The van der Waals surface area contributed by atoms with Gasteiger partial charge in [-0.25, -0.2) is 28.2 Å². The van der Waals surface area contributed by atoms with Crippen molar-refractivity contribution in [2.24, 2.45) is 0 Å². The Morgan fingerprint density at radius 1 is 1.05 bits per heavy atom. The van der Waals surface area contributed by atoms with Gasteiger partial charge in [0.1, 0.15) is 41.1 Å². The predicted octanol–water partition coefficient (Wildman–Crippen LogP) is 5.87. The smallest absolute Gasteiger partial charge is 0.410 e. The third-order valence-electron chi connectivity index (χ3n) is 7.04. The van der Waals surface area contributed by atoms with Crippen LogP contribution in [-0.4, -0.2) is 58.9 Å². The molecular formula is C29H31FN8O3. The number of hydrogen-bond acceptors (Lipinski definition) is 8. The van der Waals surface area contributed by atoms with Gasteiger partial charge < -0.3 is 19.7 Å². The standard InChI is InChI=1S/C29H31FN8O3/c1-18-13-20(5-6-23(18)40-21-9-12-37-24(14-21)31-16-33-37)35-27-26-25(22(30)15-38(26)34-17-32-27)19-7-10-36(11-8-19)28(39)41-29(2,3)4/h5-6,9,12-17,19H,7-8,10-11H2,1-4H3,(H,32,34,35). The fourth-order valence-electron chi connectivity index (χ4n) is 5.13. The average molecular weight is 559 g/mol. The topological polar surface area (TPSA) is 111 Å². The highest BCUT2D eigenvalue weighted by Gasteiger charge is 2.31. The third kappa shape index (κ3) is 5.49. The highest BCUT2D eigenvalue weighted by molar-refractivity contribution is 5.78. The van der Waals surface area contributed by atoms with Crippen LogP contribution < -0.4 is 10.1 Å². The summed E-state index contributed by atoms with van der Waals surface area (Å²) in [5, 5.41) is 11.7. The highest BCUT2D eigenvalue weighted by atomic mass is 19.1. The molecule has 212 valence electrons. The van der Waals surface area contributed by atoms with Crippen molar-refractivity contribution in [3.05, 3.63) is 72.3 Å². The molecule has 0 saturated carbocycles. The normalized spacial score (nSPS) is 14.5. The Morgan fingerprint density at radius 2 is 1.80 bits per heavy atom. The fraction of sp³-hybridized carbons (Fsp3) is 0.345. The van der Waals surface area contributed by atoms with Crippen molar-refractivity contribution in [2.75, 3.05) is 18.4 Å². The van der Waals surface area contributed by atoms with Gasteiger partial charge in [0.2, 0.25) is 0 Å². The number of carbonyl (C=O) groups is 1. The van der Waals surface area contributed by atoms with E-state index >= 15 is 4.39 Å². The van der Waals surface area contributed by atoms with E-state index in [4.69, 9.17) is 9.47 Å². The molecule has 12 heteroatoms. The van der Waals surface area contributed by atoms with Crippen LogP contribution in [0.3, 0.4) is 0 Å². The molecule has 1 amide bonds. The summed E-state index contributed by atoms with van der Waals surface area (Å²) >= 11 is 0. The minimum Gasteiger partial charge on any atom is -0.457 e. The monoisotopic (exact) mass is 558 g/mol. The molecule has 1 fully saturated rings. The first-order chi connectivity index (χ1) is 19.6. The van der Waals surface area contributed by atoms with Gasteiger partial charge in [-0.2, -0.15) is 10.2 Å². The first kappa shape index (κ1) is 26.5. The van der Waals surface area contributed by atoms with Gasteiger partial charge >= 0.3 is 6.09 Å². The maximum atomic E-state index is 15.3. The Hall–Kier alpha value is -4.74. The molecule has 1 aliphatic rings. The summed E-state index contributed by atoms with van der Waals surface area (Å²) in [6, 6.07) is 9.34. The van der Waals surface area contributed by atoms with Gasteiger partial charge in [-0.05, 0) is 76.3 Å². The molecule has 0 radical (unpaired) electrons. The zero-order valence-corrected chi connectivity index (χ0v) is 23.3. The Labute approximate surface area is 235 Å². The average Bonchev–Trinajstić information content (AvgIpc) is 3.53. The van der Waals surface area contributed by atoms with E-state index < -0.39 is 5.60 Å². The number of hydrogen-bond donors (Lipinski definition) is 1. The van der Waals surface area contributed by atoms with Crippen LogP contribution in [0.1, 0.15) is 50.7 Å². The van der Waals surface area contributed by atoms with Crippen molar-refractivity contribution < 1.29 is 18.7 Å². The fourth-order valence-corrected chi connectivity index (χ4v) is 5.13. The first-order valence-electron chi connectivity index (χ1n) is 13.5. The lowest BCUT2D eigenvalue weighted by Gasteiger charge is -2.33. The van der Waals surface area contributed by atoms with E-state index in [0.29, 0.717) is 60.0 Å². The maximum Gasteiger partial charge on any atom is 0.410 e. The predicted molar refractivity (Wildman–Crippen MR) is 150 cm³/mol. The van der Waals surface area contributed by atoms with Crippen LogP contribution in [0, 0.1) is 12.7 Å². The summed E-state index contributed by atoms with van der Waals surface area (Å²) in [4.78, 5) is 22.9. The molecule has 4 aromatic heterocycles. The SMILES string of the molecule is Cc1cc(Nc2ncnn3cc(F)c(C4CCN(C(=O)OC(C)(C)C)CC4)c23)ccc1Oc1ccn2ncnc2c1. The van der Waals surface area contributed by atoms with Crippen LogP contribution >= 0.6 is 0 Å². The van der Waals surface area contributed by atoms with Crippen molar-refractivity contribution in [3.8, 4) is 11.5 Å². The summed E-state index contributed by atoms with van der Waals surface area (Å²) in [6.45, 7) is 8.45. The quantitative estimate of drug-likeness (QED) is 0.285. The molecule has 11 nitrogen and oxygen atoms in total. The zero-order chi connectivity index (χ0) is 28.7. The van der Waals surface area contributed by atoms with Crippen LogP contribution in [0.15, 0.2) is 55.4 Å². The lowest BCUT2D eigenvalue weighted by molar-refractivity contribution is 0.0204. The number of aromatic nitrogens is 6. The molecule has 1 aromatic carbocycles. The number of carbonyl (C=O) groups excluding carboxylic acids is 1. The molecule has 0 unspecified atom stereocenters. The van der Waals surface area contributed by atoms with E-state index in [1.54, 1.807) is 15.6 Å². The number of piperidine rings is 1. The van der Waals surface area contributed by atoms with Crippen molar-refractivity contribution >= 4 is 28.8 Å². The summed E-state index contributed by atoms with van der Waals surface area (Å²) in [6.07, 6.45) is 6.93. The molecule has 0 atom stereocenters. The molecule has 1 aliphatic heterocycles. The molecule has 5 aromatic rings. The molecule has 5 heterocycles. The number of pyridine rings is 1. The van der Waals surface area contributed by atoms with E-state index in [1.807, 2.05) is 58.0 Å². The van der Waals surface area contributed by atoms with E-state index in [1.165, 1.54) is 23.4 Å². The van der Waals surface area contributed by atoms with Crippen LogP contribution in [0.4, 0.5) is 20.7 Å². The lowest BCUT2D eigenvalue weighted by Crippen LogP contribution is -2.41. The Morgan fingerprint density at radius 3 is 2.56 bits per heavy atom. The number of likely N-dealkylation sites (tertiary alicyclic amines) is 1. The number of rotatable bonds is 5. The molecule has 6 rings (SSSR count). The first-order valence-corrected chi connectivity index (χ1v) is 13.5. The second-order valence-corrected chi connectivity index (χ2v) is 11.2. The van der Waals surface area contributed by atoms with Crippen molar-refractivity contribution in [2.45, 2.75) is 52.1 Å². The van der Waals surface area contributed by atoms with Crippen molar-refractivity contribution in [3.63, 3.8) is 0 Å². The van der Waals surface area contributed by atoms with E-state index in [-0.39, 0.29) is 17.8 Å². The molecule has 0 spiro atoms. The molecule has 1 N–H and O–H groups in total. The molecule has 41 heavy (non-hydrogen) atoms. The largest absolute Gasteiger partial charge is 0.457 e. The number of benzene rings is 1. The van der Waals surface area contributed by atoms with Crippen molar-refractivity contribution in [1.29, 1.82) is 0 Å². The van der Waals surface area contributed by atoms with Gasteiger partial charge in [0.25, 0.3) is 0 Å². The summed E-state index contributed by atoms with van der Waals surface area (Å²) < 4.78 is 30.1. The maximum absolute atomic E-state index is 15.3. The van der Waals surface area contributed by atoms with Crippen molar-refractivity contribution in [1.82, 2.24) is 34.1 Å². The van der Waals surface area contributed by atoms with Gasteiger partial charge in [-0.3, -0.25) is 0 Å². The third-order valence-corrected chi connectivity index (χ3v) is 7.04. The van der Waals surface area contributed by atoms with Gasteiger partial charge in [0.05, 0.1) is 6.20 Å². The highest BCUT2D eigenvalue weighted by Crippen LogP contribution is 2.37. The zero-order valence-electron chi connectivity index (χ0n) is 23.3. The Bertz CT molecular complexity index is 1730. The van der Waals surface area contributed by atoms with Gasteiger partial charge in [0.15, 0.2) is 11.5 Å². The summed E-state index contributed by atoms with van der Waals surface area (Å²) in [5.74, 6) is 1.41. The Kier molecular flexibility index (Phi) is 6.68. The Balaban J connectivity index is 1.21. The van der Waals surface area contributed by atoms with E-state index in [9.17, 15) is 4.79 Å². The number of nitrogens with one attached hydrogen (secondary N) is 1. The van der Waals surface area contributed by atoms with Gasteiger partial charge in [-0.1, -0.05) is 0 Å². The summed E-state index contributed by atoms with van der Waals surface area (Å²) in [7, 11) is 0. The number of fused-ring (bicyclic) bond motifs is 2. The summed E-state index contributed by atoms with van der Waals surface area (Å²) in [5.41, 5.74) is 2.94. The minimum atomic E-state index is -0.564. The molecule has 0 aliphatic carbocycles. The van der Waals surface area contributed by atoms with Crippen LogP contribution in [0.2, 0.25) is 0 Å². The number of amides is 1. The minimum absolute atomic E-state index is 0.0923. The molecular weight excluding hydrogens is 527 g/mol. The second-order valence-electron chi connectivity index (χ2n) is 11.2. The number of nitrogens with zero attached hydrogens (tertiary/aromatic N) is 7. The van der Waals surface area contributed by atoms with Crippen LogP contribution in [0.25, 0.3) is 11.2 Å². The van der Waals surface area contributed by atoms with Crippen LogP contribution in [-0.2, 0) is 4.74 Å². The number of ether oxygens (including phenoxy) is 2. The lowest BCUT2D eigenvalue weighted by atomic mass is 9.90. The van der Waals surface area contributed by atoms with Gasteiger partial charge in [0, 0.05) is 36.6 Å². The number of aryl methyl sites for hydroxylation is 1. The molecule has 0 bridgehead atoms. The van der Waals surface area contributed by atoms with Gasteiger partial charge in [-0.15, -0.1) is 0 Å². The number of halogens is 1. The molecule has 1 saturated heterocycles.